The number of hydrogen-bond donors (Lipinski definition) is 2. The van der Waals surface area contributed by atoms with Gasteiger partial charge in [0.05, 0.1) is 5.69 Å². The average Bonchev–Trinajstić information content (AvgIpc) is 2.61. The van der Waals surface area contributed by atoms with Crippen molar-refractivity contribution in [3.63, 3.8) is 0 Å². The molecule has 0 radical (unpaired) electrons. The Labute approximate surface area is 98.1 Å². The minimum absolute atomic E-state index is 0.116. The number of H-pyrrole nitrogens is 1. The first-order valence-electron chi connectivity index (χ1n) is 6.26. The lowest BCUT2D eigenvalue weighted by atomic mass is 9.94. The quantitative estimate of drug-likeness (QED) is 0.765. The minimum atomic E-state index is 0.116. The summed E-state index contributed by atoms with van der Waals surface area (Å²) in [5.41, 5.74) is 2.64. The molecule has 0 aromatic carbocycles. The number of aromatic amines is 1. The molecule has 0 bridgehead atoms. The summed E-state index contributed by atoms with van der Waals surface area (Å²) in [4.78, 5) is 8.25. The first-order valence-corrected chi connectivity index (χ1v) is 6.26. The molecule has 1 unspecified atom stereocenters. The maximum absolute atomic E-state index is 4.81. The van der Waals surface area contributed by atoms with Crippen molar-refractivity contribution in [1.29, 1.82) is 0 Å². The van der Waals surface area contributed by atoms with Crippen LogP contribution in [0.5, 0.6) is 0 Å². The number of aromatic nitrogens is 2. The van der Waals surface area contributed by atoms with Gasteiger partial charge in [-0.2, -0.15) is 0 Å². The molecule has 0 spiro atoms. The Kier molecular flexibility index (Phi) is 3.06. The Morgan fingerprint density at radius 2 is 2.06 bits per heavy atom. The highest BCUT2D eigenvalue weighted by atomic mass is 15.0. The van der Waals surface area contributed by atoms with Gasteiger partial charge in [0.15, 0.2) is 0 Å². The fourth-order valence-electron chi connectivity index (χ4n) is 2.31. The van der Waals surface area contributed by atoms with Crippen molar-refractivity contribution < 1.29 is 0 Å². The van der Waals surface area contributed by atoms with Gasteiger partial charge in [0, 0.05) is 23.6 Å². The molecule has 1 aromatic rings. The van der Waals surface area contributed by atoms with Crippen LogP contribution < -0.4 is 5.32 Å². The summed E-state index contributed by atoms with van der Waals surface area (Å²) in [6, 6.07) is 0. The van der Waals surface area contributed by atoms with Gasteiger partial charge in [0.2, 0.25) is 0 Å². The normalized spacial score (nSPS) is 22.4. The Morgan fingerprint density at radius 1 is 1.31 bits per heavy atom. The van der Waals surface area contributed by atoms with Crippen LogP contribution in [-0.2, 0) is 5.41 Å². The van der Waals surface area contributed by atoms with E-state index in [1.165, 1.54) is 24.2 Å². The van der Waals surface area contributed by atoms with E-state index in [9.17, 15) is 0 Å². The van der Waals surface area contributed by atoms with Crippen molar-refractivity contribution >= 4 is 0 Å². The number of aryl methyl sites for hydroxylation is 1. The van der Waals surface area contributed by atoms with Crippen molar-refractivity contribution in [3.05, 3.63) is 17.2 Å². The largest absolute Gasteiger partial charge is 0.345 e. The maximum atomic E-state index is 4.81. The van der Waals surface area contributed by atoms with E-state index in [-0.39, 0.29) is 5.41 Å². The molecule has 1 fully saturated rings. The van der Waals surface area contributed by atoms with Gasteiger partial charge < -0.3 is 10.3 Å². The van der Waals surface area contributed by atoms with Crippen LogP contribution >= 0.6 is 0 Å². The molecule has 16 heavy (non-hydrogen) atoms. The number of rotatable bonds is 1. The van der Waals surface area contributed by atoms with Gasteiger partial charge in [-0.25, -0.2) is 4.98 Å². The summed E-state index contributed by atoms with van der Waals surface area (Å²) in [7, 11) is 0. The molecule has 0 aliphatic carbocycles. The highest BCUT2D eigenvalue weighted by molar-refractivity contribution is 5.21. The fraction of sp³-hybridized carbons (Fsp3) is 0.769. The van der Waals surface area contributed by atoms with Gasteiger partial charge in [0.1, 0.15) is 5.82 Å². The molecular weight excluding hydrogens is 198 g/mol. The number of imidazole rings is 1. The molecule has 3 nitrogen and oxygen atoms in total. The zero-order valence-electron chi connectivity index (χ0n) is 10.9. The second-order valence-corrected chi connectivity index (χ2v) is 5.89. The van der Waals surface area contributed by atoms with Crippen LogP contribution in [0.4, 0.5) is 0 Å². The highest BCUT2D eigenvalue weighted by Gasteiger charge is 2.24. The second kappa shape index (κ2) is 4.21. The molecule has 2 heterocycles. The second-order valence-electron chi connectivity index (χ2n) is 5.89. The van der Waals surface area contributed by atoms with Crippen LogP contribution in [0, 0.1) is 6.92 Å². The standard InChI is InChI=1S/C13H23N3/c1-9-11(10-6-5-7-14-8-10)16-12(15-9)13(2,3)4/h10,14H,5-8H2,1-4H3,(H,15,16). The fourth-order valence-corrected chi connectivity index (χ4v) is 2.31. The van der Waals surface area contributed by atoms with Gasteiger partial charge in [-0.05, 0) is 26.3 Å². The predicted octanol–water partition coefficient (Wildman–Crippen LogP) is 2.48. The van der Waals surface area contributed by atoms with Gasteiger partial charge >= 0.3 is 0 Å². The van der Waals surface area contributed by atoms with Crippen LogP contribution in [0.3, 0.4) is 0 Å². The summed E-state index contributed by atoms with van der Waals surface area (Å²) in [6.45, 7) is 11.0. The van der Waals surface area contributed by atoms with E-state index in [1.54, 1.807) is 0 Å². The van der Waals surface area contributed by atoms with Gasteiger partial charge in [-0.1, -0.05) is 20.8 Å². The first-order chi connectivity index (χ1) is 7.48. The van der Waals surface area contributed by atoms with Gasteiger partial charge in [0.25, 0.3) is 0 Å². The lowest BCUT2D eigenvalue weighted by Crippen LogP contribution is -2.29. The number of piperidine rings is 1. The number of nitrogens with one attached hydrogen (secondary N) is 2. The zero-order chi connectivity index (χ0) is 11.8. The summed E-state index contributed by atoms with van der Waals surface area (Å²) >= 11 is 0. The lowest BCUT2D eigenvalue weighted by molar-refractivity contribution is 0.452. The molecule has 1 aromatic heterocycles. The predicted molar refractivity (Wildman–Crippen MR) is 66.9 cm³/mol. The molecule has 3 heteroatoms. The van der Waals surface area contributed by atoms with E-state index in [0.29, 0.717) is 5.92 Å². The topological polar surface area (TPSA) is 40.7 Å². The third-order valence-corrected chi connectivity index (χ3v) is 3.32. The molecule has 90 valence electrons. The van der Waals surface area contributed by atoms with E-state index < -0.39 is 0 Å². The Morgan fingerprint density at radius 3 is 2.56 bits per heavy atom. The van der Waals surface area contributed by atoms with Crippen LogP contribution in [-0.4, -0.2) is 23.1 Å². The monoisotopic (exact) mass is 221 g/mol. The minimum Gasteiger partial charge on any atom is -0.345 e. The molecule has 1 aliphatic rings. The maximum Gasteiger partial charge on any atom is 0.111 e. The third kappa shape index (κ3) is 2.29. The van der Waals surface area contributed by atoms with E-state index in [2.05, 4.69) is 38.0 Å². The number of hydrogen-bond acceptors (Lipinski definition) is 2. The highest BCUT2D eigenvalue weighted by Crippen LogP contribution is 2.27. The summed E-state index contributed by atoms with van der Waals surface area (Å²) in [6.07, 6.45) is 2.53. The summed E-state index contributed by atoms with van der Waals surface area (Å²) in [5, 5.41) is 3.45. The van der Waals surface area contributed by atoms with Crippen molar-refractivity contribution in [1.82, 2.24) is 15.3 Å². The Balaban J connectivity index is 2.24. The molecule has 2 rings (SSSR count). The smallest absolute Gasteiger partial charge is 0.111 e. The van der Waals surface area contributed by atoms with Crippen LogP contribution in [0.15, 0.2) is 0 Å². The van der Waals surface area contributed by atoms with E-state index in [4.69, 9.17) is 4.98 Å². The van der Waals surface area contributed by atoms with E-state index in [0.717, 1.165) is 18.9 Å². The zero-order valence-corrected chi connectivity index (χ0v) is 10.9. The van der Waals surface area contributed by atoms with Crippen LogP contribution in [0.25, 0.3) is 0 Å². The summed E-state index contributed by atoms with van der Waals surface area (Å²) in [5.74, 6) is 1.71. The lowest BCUT2D eigenvalue weighted by Gasteiger charge is -2.21. The third-order valence-electron chi connectivity index (χ3n) is 3.32. The average molecular weight is 221 g/mol. The van der Waals surface area contributed by atoms with Crippen molar-refractivity contribution in [2.75, 3.05) is 13.1 Å². The molecule has 0 saturated carbocycles. The van der Waals surface area contributed by atoms with E-state index >= 15 is 0 Å². The van der Waals surface area contributed by atoms with Crippen molar-refractivity contribution in [2.45, 2.75) is 51.9 Å². The molecular formula is C13H23N3. The van der Waals surface area contributed by atoms with Gasteiger partial charge in [-0.3, -0.25) is 0 Å². The van der Waals surface area contributed by atoms with Crippen molar-refractivity contribution in [3.8, 4) is 0 Å². The van der Waals surface area contributed by atoms with Crippen LogP contribution in [0.2, 0.25) is 0 Å². The molecule has 1 aliphatic heterocycles. The first kappa shape index (κ1) is 11.6. The Bertz CT molecular complexity index is 354. The molecule has 1 atom stereocenters. The SMILES string of the molecule is Cc1[nH]c(C(C)(C)C)nc1C1CCCNC1. The Hall–Kier alpha value is -0.830. The van der Waals surface area contributed by atoms with Crippen LogP contribution in [0.1, 0.15) is 56.7 Å². The van der Waals surface area contributed by atoms with Crippen molar-refractivity contribution in [2.24, 2.45) is 0 Å². The van der Waals surface area contributed by atoms with E-state index in [1.807, 2.05) is 0 Å². The van der Waals surface area contributed by atoms with Gasteiger partial charge in [-0.15, -0.1) is 0 Å². The summed E-state index contributed by atoms with van der Waals surface area (Å²) < 4.78 is 0. The number of nitrogens with zero attached hydrogens (tertiary/aromatic N) is 1. The molecule has 2 N–H and O–H groups in total. The molecule has 0 amide bonds. The molecule has 1 saturated heterocycles.